The first kappa shape index (κ1) is 12.8. The molecule has 0 saturated carbocycles. The van der Waals surface area contributed by atoms with Crippen molar-refractivity contribution < 1.29 is 19.4 Å². The summed E-state index contributed by atoms with van der Waals surface area (Å²) in [7, 11) is 0. The highest BCUT2D eigenvalue weighted by molar-refractivity contribution is 5.75. The van der Waals surface area contributed by atoms with Crippen LogP contribution in [0.1, 0.15) is 20.8 Å². The molecule has 1 aliphatic rings. The van der Waals surface area contributed by atoms with Crippen molar-refractivity contribution in [1.29, 1.82) is 0 Å². The predicted molar refractivity (Wildman–Crippen MR) is 56.9 cm³/mol. The molecule has 1 fully saturated rings. The molecular weight excluding hydrogens is 212 g/mol. The van der Waals surface area contributed by atoms with Crippen molar-refractivity contribution >= 4 is 12.1 Å². The van der Waals surface area contributed by atoms with Crippen LogP contribution in [0.3, 0.4) is 0 Å². The number of carboxylic acid groups (broad SMARTS) is 1. The Kier molecular flexibility index (Phi) is 3.42. The first-order valence-electron chi connectivity index (χ1n) is 5.17. The summed E-state index contributed by atoms with van der Waals surface area (Å²) in [6.45, 7) is 5.62. The zero-order chi connectivity index (χ0) is 12.5. The van der Waals surface area contributed by atoms with Crippen LogP contribution >= 0.6 is 0 Å². The number of hydrogen-bond donors (Lipinski definition) is 2. The van der Waals surface area contributed by atoms with Crippen LogP contribution in [0.4, 0.5) is 4.79 Å². The fraction of sp³-hybridized carbons (Fsp3) is 0.800. The number of rotatable bonds is 1. The van der Waals surface area contributed by atoms with Crippen LogP contribution < -0.4 is 5.73 Å². The maximum atomic E-state index is 11.6. The smallest absolute Gasteiger partial charge is 0.410 e. The fourth-order valence-electron chi connectivity index (χ4n) is 1.57. The lowest BCUT2D eigenvalue weighted by Gasteiger charge is -2.24. The highest BCUT2D eigenvalue weighted by Crippen LogP contribution is 2.18. The largest absolute Gasteiger partial charge is 0.481 e. The normalized spacial score (nSPS) is 25.6. The predicted octanol–water partition coefficient (Wildman–Crippen LogP) is 0.265. The topological polar surface area (TPSA) is 92.9 Å². The minimum atomic E-state index is -0.974. The van der Waals surface area contributed by atoms with E-state index in [2.05, 4.69) is 0 Å². The summed E-state index contributed by atoms with van der Waals surface area (Å²) in [5.41, 5.74) is 5.06. The van der Waals surface area contributed by atoms with Gasteiger partial charge in [-0.15, -0.1) is 0 Å². The van der Waals surface area contributed by atoms with Gasteiger partial charge in [-0.05, 0) is 20.8 Å². The van der Waals surface area contributed by atoms with Crippen LogP contribution in [-0.4, -0.2) is 46.8 Å². The van der Waals surface area contributed by atoms with Gasteiger partial charge in [-0.3, -0.25) is 4.79 Å². The molecule has 1 heterocycles. The summed E-state index contributed by atoms with van der Waals surface area (Å²) in [4.78, 5) is 23.8. The van der Waals surface area contributed by atoms with Gasteiger partial charge >= 0.3 is 12.1 Å². The molecule has 2 atom stereocenters. The van der Waals surface area contributed by atoms with E-state index in [4.69, 9.17) is 15.6 Å². The van der Waals surface area contributed by atoms with E-state index in [1.807, 2.05) is 0 Å². The van der Waals surface area contributed by atoms with Gasteiger partial charge in [0.25, 0.3) is 0 Å². The Morgan fingerprint density at radius 2 is 1.94 bits per heavy atom. The molecule has 0 radical (unpaired) electrons. The number of carboxylic acids is 1. The van der Waals surface area contributed by atoms with Crippen molar-refractivity contribution in [3.8, 4) is 0 Å². The molecule has 0 unspecified atom stereocenters. The van der Waals surface area contributed by atoms with E-state index in [0.29, 0.717) is 0 Å². The SMILES string of the molecule is CC(C)(C)OC(=O)N1C[C@H](C(=O)O)[C@@H](N)C1. The summed E-state index contributed by atoms with van der Waals surface area (Å²) in [6, 6.07) is -0.523. The van der Waals surface area contributed by atoms with Crippen molar-refractivity contribution in [3.05, 3.63) is 0 Å². The second-order valence-electron chi connectivity index (χ2n) is 4.99. The Bertz CT molecular complexity index is 298. The lowest BCUT2D eigenvalue weighted by atomic mass is 10.1. The third kappa shape index (κ3) is 3.10. The number of hydrogen-bond acceptors (Lipinski definition) is 4. The lowest BCUT2D eigenvalue weighted by Crippen LogP contribution is -2.36. The summed E-state index contributed by atoms with van der Waals surface area (Å²) >= 11 is 0. The van der Waals surface area contributed by atoms with Crippen LogP contribution in [0.2, 0.25) is 0 Å². The minimum absolute atomic E-state index is 0.116. The molecule has 0 spiro atoms. The molecule has 0 aromatic heterocycles. The Labute approximate surface area is 94.3 Å². The summed E-state index contributed by atoms with van der Waals surface area (Å²) in [5.74, 6) is -1.67. The first-order chi connectivity index (χ1) is 7.20. The standard InChI is InChI=1S/C10H18N2O4/c1-10(2,3)16-9(15)12-4-6(8(13)14)7(11)5-12/h6-7H,4-5,11H2,1-3H3,(H,13,14)/t6-,7-/m0/s1. The number of nitrogens with zero attached hydrogens (tertiary/aromatic N) is 1. The molecular formula is C10H18N2O4. The van der Waals surface area contributed by atoms with Gasteiger partial charge in [-0.2, -0.15) is 0 Å². The van der Waals surface area contributed by atoms with E-state index >= 15 is 0 Å². The average Bonchev–Trinajstić information content (AvgIpc) is 2.44. The number of carbonyl (C=O) groups excluding carboxylic acids is 1. The molecule has 0 aromatic rings. The van der Waals surface area contributed by atoms with Gasteiger partial charge < -0.3 is 20.5 Å². The Morgan fingerprint density at radius 1 is 1.38 bits per heavy atom. The molecule has 0 bridgehead atoms. The Balaban J connectivity index is 2.58. The summed E-state index contributed by atoms with van der Waals surface area (Å²) < 4.78 is 5.14. The number of amides is 1. The van der Waals surface area contributed by atoms with Gasteiger partial charge in [0.05, 0.1) is 5.92 Å². The fourth-order valence-corrected chi connectivity index (χ4v) is 1.57. The minimum Gasteiger partial charge on any atom is -0.481 e. The molecule has 1 rings (SSSR count). The molecule has 6 heteroatoms. The van der Waals surface area contributed by atoms with Gasteiger partial charge in [0.15, 0.2) is 0 Å². The van der Waals surface area contributed by atoms with Gasteiger partial charge in [0.2, 0.25) is 0 Å². The first-order valence-corrected chi connectivity index (χ1v) is 5.17. The number of nitrogens with two attached hydrogens (primary N) is 1. The molecule has 92 valence electrons. The van der Waals surface area contributed by atoms with E-state index in [1.54, 1.807) is 20.8 Å². The summed E-state index contributed by atoms with van der Waals surface area (Å²) in [5, 5.41) is 8.86. The molecule has 6 nitrogen and oxygen atoms in total. The second kappa shape index (κ2) is 4.29. The van der Waals surface area contributed by atoms with Crippen LogP contribution in [0, 0.1) is 5.92 Å². The summed E-state index contributed by atoms with van der Waals surface area (Å²) in [6.07, 6.45) is -0.508. The highest BCUT2D eigenvalue weighted by Gasteiger charge is 2.39. The Hall–Kier alpha value is -1.30. The third-order valence-electron chi connectivity index (χ3n) is 2.33. The Morgan fingerprint density at radius 3 is 2.31 bits per heavy atom. The maximum absolute atomic E-state index is 11.6. The molecule has 1 aliphatic heterocycles. The van der Waals surface area contributed by atoms with Gasteiger partial charge in [0.1, 0.15) is 5.60 Å². The number of carbonyl (C=O) groups is 2. The van der Waals surface area contributed by atoms with Crippen LogP contribution in [0.15, 0.2) is 0 Å². The van der Waals surface area contributed by atoms with E-state index in [9.17, 15) is 9.59 Å². The highest BCUT2D eigenvalue weighted by atomic mass is 16.6. The maximum Gasteiger partial charge on any atom is 0.410 e. The van der Waals surface area contributed by atoms with Crippen LogP contribution in [-0.2, 0) is 9.53 Å². The van der Waals surface area contributed by atoms with E-state index in [1.165, 1.54) is 4.90 Å². The monoisotopic (exact) mass is 230 g/mol. The molecule has 0 aromatic carbocycles. The zero-order valence-electron chi connectivity index (χ0n) is 9.77. The van der Waals surface area contributed by atoms with Crippen molar-refractivity contribution in [2.75, 3.05) is 13.1 Å². The van der Waals surface area contributed by atoms with Crippen LogP contribution in [0.25, 0.3) is 0 Å². The van der Waals surface area contributed by atoms with Crippen molar-refractivity contribution in [2.24, 2.45) is 11.7 Å². The van der Waals surface area contributed by atoms with Gasteiger partial charge in [0, 0.05) is 19.1 Å². The molecule has 1 saturated heterocycles. The third-order valence-corrected chi connectivity index (χ3v) is 2.33. The molecule has 0 aliphatic carbocycles. The van der Waals surface area contributed by atoms with Gasteiger partial charge in [-0.25, -0.2) is 4.79 Å². The number of likely N-dealkylation sites (tertiary alicyclic amines) is 1. The van der Waals surface area contributed by atoms with Crippen LogP contribution in [0.5, 0.6) is 0 Å². The molecule has 1 amide bonds. The quantitative estimate of drug-likeness (QED) is 0.674. The van der Waals surface area contributed by atoms with Crippen molar-refractivity contribution in [1.82, 2.24) is 4.90 Å². The average molecular weight is 230 g/mol. The van der Waals surface area contributed by atoms with Gasteiger partial charge in [-0.1, -0.05) is 0 Å². The van der Waals surface area contributed by atoms with E-state index in [-0.39, 0.29) is 13.1 Å². The van der Waals surface area contributed by atoms with Crippen molar-refractivity contribution in [3.63, 3.8) is 0 Å². The van der Waals surface area contributed by atoms with Crippen molar-refractivity contribution in [2.45, 2.75) is 32.4 Å². The number of ether oxygens (including phenoxy) is 1. The van der Waals surface area contributed by atoms with E-state index < -0.39 is 29.6 Å². The second-order valence-corrected chi connectivity index (χ2v) is 4.99. The zero-order valence-corrected chi connectivity index (χ0v) is 9.77. The molecule has 3 N–H and O–H groups in total. The lowest BCUT2D eigenvalue weighted by molar-refractivity contribution is -0.141. The molecule has 16 heavy (non-hydrogen) atoms. The van der Waals surface area contributed by atoms with E-state index in [0.717, 1.165) is 0 Å². The number of aliphatic carboxylic acids is 1.